The first-order valence-corrected chi connectivity index (χ1v) is 16.1. The summed E-state index contributed by atoms with van der Waals surface area (Å²) in [5.74, 6) is 1.83. The van der Waals surface area contributed by atoms with Gasteiger partial charge in [-0.15, -0.1) is 0 Å². The standard InChI is InChI=1S/C26H42O4Si/c1-24-11-8-19(30-31(3,4)5)15-18(24)6-7-22-21(24)9-12-25(2)20(10-13-26(22,25)28)17-14-23(27)29-16-17/h14,18-22,28H,6-13,15-16H2,1-5H3/t18-,19+,20-,21+,22-,24+,25-,26+/m1/s1. The molecule has 0 radical (unpaired) electrons. The Labute approximate surface area is 189 Å². The SMILES string of the molecule is C[C@]12CC[C@H](O[Si](C)(C)C)C[C@H]1CC[C@@H]1[C@@H]2CC[C@]2(C)[C@@H](C3=CC(=O)OC3)CC[C@]12O. The van der Waals surface area contributed by atoms with E-state index in [-0.39, 0.29) is 17.3 Å². The molecule has 0 bridgehead atoms. The van der Waals surface area contributed by atoms with E-state index in [1.807, 2.05) is 0 Å². The first kappa shape index (κ1) is 22.2. The molecule has 8 atom stereocenters. The van der Waals surface area contributed by atoms with E-state index in [2.05, 4.69) is 33.5 Å². The van der Waals surface area contributed by atoms with E-state index >= 15 is 0 Å². The fraction of sp³-hybridized carbons (Fsp3) is 0.885. The summed E-state index contributed by atoms with van der Waals surface area (Å²) < 4.78 is 11.8. The van der Waals surface area contributed by atoms with Crippen molar-refractivity contribution in [3.63, 3.8) is 0 Å². The number of hydrogen-bond acceptors (Lipinski definition) is 4. The minimum atomic E-state index is -1.50. The van der Waals surface area contributed by atoms with Crippen LogP contribution in [-0.4, -0.2) is 37.7 Å². The molecular weight excluding hydrogens is 404 g/mol. The van der Waals surface area contributed by atoms with Crippen molar-refractivity contribution in [1.82, 2.24) is 0 Å². The molecule has 1 N–H and O–H groups in total. The molecule has 5 rings (SSSR count). The van der Waals surface area contributed by atoms with Crippen molar-refractivity contribution in [3.05, 3.63) is 11.6 Å². The van der Waals surface area contributed by atoms with Crippen LogP contribution >= 0.6 is 0 Å². The van der Waals surface area contributed by atoms with Gasteiger partial charge in [-0.1, -0.05) is 13.8 Å². The second-order valence-corrected chi connectivity index (χ2v) is 17.4. The summed E-state index contributed by atoms with van der Waals surface area (Å²) in [6.45, 7) is 12.2. The normalized spacial score (nSPS) is 49.7. The van der Waals surface area contributed by atoms with E-state index in [9.17, 15) is 9.90 Å². The molecule has 0 aromatic rings. The first-order chi connectivity index (χ1) is 14.5. The summed E-state index contributed by atoms with van der Waals surface area (Å²) in [6.07, 6.45) is 12.3. The highest BCUT2D eigenvalue weighted by atomic mass is 28.4. The van der Waals surface area contributed by atoms with Crippen LogP contribution in [-0.2, 0) is 14.0 Å². The zero-order chi connectivity index (χ0) is 22.2. The van der Waals surface area contributed by atoms with E-state index in [1.165, 1.54) is 32.1 Å². The van der Waals surface area contributed by atoms with Crippen molar-refractivity contribution in [2.24, 2.45) is 34.5 Å². The highest BCUT2D eigenvalue weighted by molar-refractivity contribution is 6.69. The van der Waals surface area contributed by atoms with Crippen LogP contribution < -0.4 is 0 Å². The molecule has 174 valence electrons. The first-order valence-electron chi connectivity index (χ1n) is 12.7. The molecule has 1 heterocycles. The Balaban J connectivity index is 1.38. The quantitative estimate of drug-likeness (QED) is 0.462. The molecule has 0 aromatic carbocycles. The van der Waals surface area contributed by atoms with Crippen LogP contribution in [0.3, 0.4) is 0 Å². The molecule has 0 unspecified atom stereocenters. The topological polar surface area (TPSA) is 55.8 Å². The number of fused-ring (bicyclic) bond motifs is 5. The zero-order valence-electron chi connectivity index (χ0n) is 20.2. The van der Waals surface area contributed by atoms with Crippen molar-refractivity contribution in [2.75, 3.05) is 6.61 Å². The average Bonchev–Trinajstić information content (AvgIpc) is 3.21. The third kappa shape index (κ3) is 3.32. The molecule has 4 nitrogen and oxygen atoms in total. The molecule has 4 fully saturated rings. The van der Waals surface area contributed by atoms with Gasteiger partial charge in [0.2, 0.25) is 0 Å². The van der Waals surface area contributed by atoms with Crippen LogP contribution in [0.5, 0.6) is 0 Å². The minimum absolute atomic E-state index is 0.130. The van der Waals surface area contributed by atoms with Crippen LogP contribution in [0.15, 0.2) is 11.6 Å². The fourth-order valence-electron chi connectivity index (χ4n) is 8.98. The third-order valence-electron chi connectivity index (χ3n) is 10.5. The summed E-state index contributed by atoms with van der Waals surface area (Å²) in [5.41, 5.74) is 0.733. The summed E-state index contributed by atoms with van der Waals surface area (Å²) in [5, 5.41) is 12.3. The van der Waals surface area contributed by atoms with Gasteiger partial charge in [-0.05, 0) is 112 Å². The molecule has 1 aliphatic heterocycles. The Morgan fingerprint density at radius 1 is 1.03 bits per heavy atom. The molecule has 4 aliphatic carbocycles. The van der Waals surface area contributed by atoms with Crippen LogP contribution in [0.4, 0.5) is 0 Å². The van der Waals surface area contributed by atoms with E-state index < -0.39 is 13.9 Å². The highest BCUT2D eigenvalue weighted by Gasteiger charge is 2.67. The molecule has 0 amide bonds. The van der Waals surface area contributed by atoms with Gasteiger partial charge in [0.25, 0.3) is 0 Å². The van der Waals surface area contributed by atoms with Gasteiger partial charge in [-0.25, -0.2) is 4.79 Å². The van der Waals surface area contributed by atoms with Crippen molar-refractivity contribution >= 4 is 14.3 Å². The Morgan fingerprint density at radius 3 is 2.48 bits per heavy atom. The molecule has 5 heteroatoms. The van der Waals surface area contributed by atoms with E-state index in [0.717, 1.165) is 37.2 Å². The van der Waals surface area contributed by atoms with Crippen molar-refractivity contribution in [1.29, 1.82) is 0 Å². The summed E-state index contributed by atoms with van der Waals surface area (Å²) >= 11 is 0. The number of ether oxygens (including phenoxy) is 1. The molecule has 5 aliphatic rings. The van der Waals surface area contributed by atoms with Gasteiger partial charge in [0.1, 0.15) is 6.61 Å². The Kier molecular flexibility index (Phi) is 5.12. The molecule has 0 spiro atoms. The minimum Gasteiger partial charge on any atom is -0.458 e. The summed E-state index contributed by atoms with van der Waals surface area (Å²) in [7, 11) is -1.50. The third-order valence-corrected chi connectivity index (χ3v) is 11.5. The number of esters is 1. The Morgan fingerprint density at radius 2 is 1.81 bits per heavy atom. The van der Waals surface area contributed by atoms with Gasteiger partial charge < -0.3 is 14.3 Å². The summed E-state index contributed by atoms with van der Waals surface area (Å²) in [6, 6.07) is 0. The van der Waals surface area contributed by atoms with E-state index in [4.69, 9.17) is 9.16 Å². The predicted molar refractivity (Wildman–Crippen MR) is 124 cm³/mol. The Bertz CT molecular complexity index is 787. The van der Waals surface area contributed by atoms with Crippen LogP contribution in [0.2, 0.25) is 19.6 Å². The number of carbonyl (C=O) groups is 1. The molecule has 4 saturated carbocycles. The maximum absolute atomic E-state index is 12.3. The van der Waals surface area contributed by atoms with Gasteiger partial charge >= 0.3 is 5.97 Å². The predicted octanol–water partition coefficient (Wildman–Crippen LogP) is 5.46. The lowest BCUT2D eigenvalue weighted by Gasteiger charge is -2.64. The number of aliphatic hydroxyl groups is 1. The second kappa shape index (κ2) is 7.17. The van der Waals surface area contributed by atoms with Crippen molar-refractivity contribution in [3.8, 4) is 0 Å². The highest BCUT2D eigenvalue weighted by Crippen LogP contribution is 2.70. The van der Waals surface area contributed by atoms with Gasteiger partial charge in [-0.2, -0.15) is 0 Å². The lowest BCUT2D eigenvalue weighted by molar-refractivity contribution is -0.207. The number of hydrogen-bond donors (Lipinski definition) is 1. The van der Waals surface area contributed by atoms with Crippen molar-refractivity contribution in [2.45, 2.75) is 103 Å². The number of rotatable bonds is 3. The number of carbonyl (C=O) groups excluding carboxylic acids is 1. The monoisotopic (exact) mass is 446 g/mol. The second-order valence-electron chi connectivity index (χ2n) is 12.9. The van der Waals surface area contributed by atoms with Crippen LogP contribution in [0.25, 0.3) is 0 Å². The zero-order valence-corrected chi connectivity index (χ0v) is 21.2. The molecule has 0 saturated heterocycles. The Hall–Kier alpha value is -0.653. The van der Waals surface area contributed by atoms with Gasteiger partial charge in [-0.3, -0.25) is 0 Å². The maximum atomic E-state index is 12.3. The summed E-state index contributed by atoms with van der Waals surface area (Å²) in [4.78, 5) is 11.7. The fourth-order valence-corrected chi connectivity index (χ4v) is 10.2. The van der Waals surface area contributed by atoms with E-state index in [1.54, 1.807) is 6.08 Å². The van der Waals surface area contributed by atoms with Gasteiger partial charge in [0.05, 0.1) is 5.60 Å². The lowest BCUT2D eigenvalue weighted by atomic mass is 9.43. The van der Waals surface area contributed by atoms with E-state index in [0.29, 0.717) is 30.0 Å². The smallest absolute Gasteiger partial charge is 0.331 e. The van der Waals surface area contributed by atoms with Crippen LogP contribution in [0.1, 0.15) is 71.6 Å². The number of cyclic esters (lactones) is 1. The molecule has 0 aromatic heterocycles. The van der Waals surface area contributed by atoms with Gasteiger partial charge in [0.15, 0.2) is 8.32 Å². The van der Waals surface area contributed by atoms with Crippen molar-refractivity contribution < 1.29 is 19.1 Å². The van der Waals surface area contributed by atoms with Gasteiger partial charge in [0, 0.05) is 17.6 Å². The molecule has 31 heavy (non-hydrogen) atoms. The largest absolute Gasteiger partial charge is 0.458 e. The molecular formula is C26H42O4Si. The average molecular weight is 447 g/mol. The van der Waals surface area contributed by atoms with Crippen LogP contribution in [0, 0.1) is 34.5 Å². The lowest BCUT2D eigenvalue weighted by Crippen LogP contribution is -2.62. The maximum Gasteiger partial charge on any atom is 0.331 e.